The summed E-state index contributed by atoms with van der Waals surface area (Å²) in [5.74, 6) is -0.0908. The van der Waals surface area contributed by atoms with Gasteiger partial charge in [-0.05, 0) is 54.0 Å². The lowest BCUT2D eigenvalue weighted by molar-refractivity contribution is -0.117. The van der Waals surface area contributed by atoms with E-state index >= 15 is 0 Å². The molecule has 1 fully saturated rings. The zero-order valence-corrected chi connectivity index (χ0v) is 17.1. The van der Waals surface area contributed by atoms with Gasteiger partial charge in [0.25, 0.3) is 5.91 Å². The van der Waals surface area contributed by atoms with Crippen molar-refractivity contribution >= 4 is 46.4 Å². The van der Waals surface area contributed by atoms with Crippen LogP contribution in [-0.4, -0.2) is 18.4 Å². The molecule has 0 bridgehead atoms. The summed E-state index contributed by atoms with van der Waals surface area (Å²) in [6.45, 7) is 0.739. The SMILES string of the molecule is O=C(Nc1ccc(N2CCCC2=O)cc1)/C(=C/c1ccccc1Cl)c1ccccc1. The van der Waals surface area contributed by atoms with Gasteiger partial charge in [-0.25, -0.2) is 0 Å². The van der Waals surface area contributed by atoms with Gasteiger partial charge < -0.3 is 10.2 Å². The number of nitrogens with one attached hydrogen (secondary N) is 1. The second-order valence-electron chi connectivity index (χ2n) is 7.10. The van der Waals surface area contributed by atoms with E-state index < -0.39 is 0 Å². The number of rotatable bonds is 5. The Balaban J connectivity index is 1.59. The zero-order chi connectivity index (χ0) is 20.9. The maximum absolute atomic E-state index is 13.1. The number of amides is 2. The first-order valence-corrected chi connectivity index (χ1v) is 10.2. The Morgan fingerprint density at radius 3 is 2.30 bits per heavy atom. The highest BCUT2D eigenvalue weighted by atomic mass is 35.5. The largest absolute Gasteiger partial charge is 0.322 e. The van der Waals surface area contributed by atoms with Crippen molar-refractivity contribution in [3.63, 3.8) is 0 Å². The van der Waals surface area contributed by atoms with Gasteiger partial charge in [0.2, 0.25) is 5.91 Å². The smallest absolute Gasteiger partial charge is 0.256 e. The van der Waals surface area contributed by atoms with Crippen LogP contribution < -0.4 is 10.2 Å². The van der Waals surface area contributed by atoms with Gasteiger partial charge in [-0.2, -0.15) is 0 Å². The molecule has 4 rings (SSSR count). The fourth-order valence-corrected chi connectivity index (χ4v) is 3.68. The average Bonchev–Trinajstić information content (AvgIpc) is 3.20. The molecule has 1 saturated heterocycles. The molecule has 0 atom stereocenters. The maximum Gasteiger partial charge on any atom is 0.256 e. The highest BCUT2D eigenvalue weighted by molar-refractivity contribution is 6.34. The topological polar surface area (TPSA) is 49.4 Å². The Hall–Kier alpha value is -3.37. The number of benzene rings is 3. The number of halogens is 1. The summed E-state index contributed by atoms with van der Waals surface area (Å²) in [4.78, 5) is 26.8. The van der Waals surface area contributed by atoms with E-state index in [1.54, 1.807) is 17.0 Å². The second kappa shape index (κ2) is 8.97. The lowest BCUT2D eigenvalue weighted by Crippen LogP contribution is -2.23. The van der Waals surface area contributed by atoms with E-state index in [1.165, 1.54) is 0 Å². The van der Waals surface area contributed by atoms with E-state index in [0.29, 0.717) is 22.7 Å². The fourth-order valence-electron chi connectivity index (χ4n) is 3.49. The predicted molar refractivity (Wildman–Crippen MR) is 122 cm³/mol. The Morgan fingerprint density at radius 1 is 0.933 bits per heavy atom. The molecule has 2 amide bonds. The van der Waals surface area contributed by atoms with Crippen molar-refractivity contribution < 1.29 is 9.59 Å². The lowest BCUT2D eigenvalue weighted by atomic mass is 10.0. The van der Waals surface area contributed by atoms with E-state index in [2.05, 4.69) is 5.32 Å². The third-order valence-corrected chi connectivity index (χ3v) is 5.39. The lowest BCUT2D eigenvalue weighted by Gasteiger charge is -2.16. The van der Waals surface area contributed by atoms with Crippen LogP contribution in [0.15, 0.2) is 78.9 Å². The summed E-state index contributed by atoms with van der Waals surface area (Å²) in [7, 11) is 0. The molecule has 150 valence electrons. The Labute approximate surface area is 180 Å². The van der Waals surface area contributed by atoms with Gasteiger partial charge in [0, 0.05) is 34.9 Å². The molecule has 0 saturated carbocycles. The van der Waals surface area contributed by atoms with Crippen LogP contribution in [-0.2, 0) is 9.59 Å². The molecule has 1 aliphatic heterocycles. The molecule has 0 aromatic heterocycles. The van der Waals surface area contributed by atoms with Gasteiger partial charge in [0.15, 0.2) is 0 Å². The highest BCUT2D eigenvalue weighted by Gasteiger charge is 2.21. The number of carbonyl (C=O) groups excluding carboxylic acids is 2. The van der Waals surface area contributed by atoms with Crippen LogP contribution in [0.2, 0.25) is 5.02 Å². The summed E-state index contributed by atoms with van der Waals surface area (Å²) in [6.07, 6.45) is 3.26. The molecule has 4 nitrogen and oxygen atoms in total. The molecule has 0 aliphatic carbocycles. The van der Waals surface area contributed by atoms with E-state index in [1.807, 2.05) is 72.8 Å². The van der Waals surface area contributed by atoms with Crippen molar-refractivity contribution in [2.45, 2.75) is 12.8 Å². The highest BCUT2D eigenvalue weighted by Crippen LogP contribution is 2.26. The Kier molecular flexibility index (Phi) is 5.96. The van der Waals surface area contributed by atoms with Crippen LogP contribution in [0.3, 0.4) is 0 Å². The second-order valence-corrected chi connectivity index (χ2v) is 7.50. The average molecular weight is 417 g/mol. The molecule has 30 heavy (non-hydrogen) atoms. The van der Waals surface area contributed by atoms with Crippen LogP contribution in [0.1, 0.15) is 24.0 Å². The standard InChI is InChI=1S/C25H21ClN2O2/c26-23-10-5-4-9-19(23)17-22(18-7-2-1-3-8-18)25(30)27-20-12-14-21(15-13-20)28-16-6-11-24(28)29/h1-5,7-10,12-15,17H,6,11,16H2,(H,27,30)/b22-17+. The van der Waals surface area contributed by atoms with Crippen molar-refractivity contribution in [1.29, 1.82) is 0 Å². The van der Waals surface area contributed by atoms with Crippen LogP contribution in [0.25, 0.3) is 11.6 Å². The minimum absolute atomic E-state index is 0.140. The molecule has 0 radical (unpaired) electrons. The van der Waals surface area contributed by atoms with Crippen molar-refractivity contribution in [2.24, 2.45) is 0 Å². The van der Waals surface area contributed by atoms with Gasteiger partial charge in [0.1, 0.15) is 0 Å². The number of hydrogen-bond acceptors (Lipinski definition) is 2. The first kappa shape index (κ1) is 19.9. The summed E-state index contributed by atoms with van der Waals surface area (Å²) < 4.78 is 0. The number of nitrogens with zero attached hydrogens (tertiary/aromatic N) is 1. The van der Waals surface area contributed by atoms with E-state index in [9.17, 15) is 9.59 Å². The third kappa shape index (κ3) is 4.44. The van der Waals surface area contributed by atoms with Crippen LogP contribution in [0, 0.1) is 0 Å². The summed E-state index contributed by atoms with van der Waals surface area (Å²) in [5, 5.41) is 3.54. The van der Waals surface area contributed by atoms with Gasteiger partial charge in [-0.3, -0.25) is 9.59 Å². The number of anilines is 2. The quantitative estimate of drug-likeness (QED) is 0.431. The number of hydrogen-bond donors (Lipinski definition) is 1. The van der Waals surface area contributed by atoms with Gasteiger partial charge in [0.05, 0.1) is 0 Å². The maximum atomic E-state index is 13.1. The molecular weight excluding hydrogens is 396 g/mol. The van der Waals surface area contributed by atoms with Crippen molar-refractivity contribution in [2.75, 3.05) is 16.8 Å². The van der Waals surface area contributed by atoms with Crippen LogP contribution in [0.5, 0.6) is 0 Å². The van der Waals surface area contributed by atoms with E-state index in [0.717, 1.165) is 29.8 Å². The van der Waals surface area contributed by atoms with Crippen LogP contribution >= 0.6 is 11.6 Å². The van der Waals surface area contributed by atoms with Crippen molar-refractivity contribution in [1.82, 2.24) is 0 Å². The first-order valence-electron chi connectivity index (χ1n) is 9.85. The third-order valence-electron chi connectivity index (χ3n) is 5.04. The van der Waals surface area contributed by atoms with E-state index in [4.69, 9.17) is 11.6 Å². The molecule has 0 spiro atoms. The summed E-state index contributed by atoms with van der Waals surface area (Å²) >= 11 is 6.30. The van der Waals surface area contributed by atoms with Crippen LogP contribution in [0.4, 0.5) is 11.4 Å². The molecule has 1 aliphatic rings. The predicted octanol–water partition coefficient (Wildman–Crippen LogP) is 5.65. The molecule has 3 aromatic rings. The minimum Gasteiger partial charge on any atom is -0.322 e. The summed E-state index contributed by atoms with van der Waals surface area (Å²) in [5.41, 5.74) is 3.61. The van der Waals surface area contributed by atoms with Gasteiger partial charge in [-0.15, -0.1) is 0 Å². The minimum atomic E-state index is -0.230. The molecule has 1 heterocycles. The van der Waals surface area contributed by atoms with Gasteiger partial charge in [-0.1, -0.05) is 60.1 Å². The number of carbonyl (C=O) groups is 2. The molecule has 0 unspecified atom stereocenters. The normalized spacial score (nSPS) is 14.1. The van der Waals surface area contributed by atoms with Crippen molar-refractivity contribution in [3.8, 4) is 0 Å². The Morgan fingerprint density at radius 2 is 1.63 bits per heavy atom. The summed E-state index contributed by atoms with van der Waals surface area (Å²) in [6, 6.07) is 24.3. The molecule has 1 N–H and O–H groups in total. The van der Waals surface area contributed by atoms with Crippen molar-refractivity contribution in [3.05, 3.63) is 95.0 Å². The monoisotopic (exact) mass is 416 g/mol. The fraction of sp³-hybridized carbons (Fsp3) is 0.120. The first-order chi connectivity index (χ1) is 14.6. The zero-order valence-electron chi connectivity index (χ0n) is 16.3. The molecular formula is C25H21ClN2O2. The molecule has 5 heteroatoms. The Bertz CT molecular complexity index is 1090. The van der Waals surface area contributed by atoms with E-state index in [-0.39, 0.29) is 11.8 Å². The molecule has 3 aromatic carbocycles. The van der Waals surface area contributed by atoms with Gasteiger partial charge >= 0.3 is 0 Å².